The molecule has 5 nitrogen and oxygen atoms in total. The number of carbonyl (C=O) groups is 2. The Bertz CT molecular complexity index is 634. The second-order valence-corrected chi connectivity index (χ2v) is 5.24. The Balaban J connectivity index is 2.29. The Morgan fingerprint density at radius 2 is 1.85 bits per heavy atom. The van der Waals surface area contributed by atoms with E-state index in [0.717, 1.165) is 16.3 Å². The summed E-state index contributed by atoms with van der Waals surface area (Å²) < 4.78 is 0. The zero-order valence-electron chi connectivity index (χ0n) is 11.5. The second kappa shape index (κ2) is 5.83. The van der Waals surface area contributed by atoms with Crippen molar-refractivity contribution >= 4 is 28.3 Å². The maximum absolute atomic E-state index is 11.5. The van der Waals surface area contributed by atoms with Crippen LogP contribution in [0.3, 0.4) is 0 Å². The number of carbonyl (C=O) groups excluding carboxylic acids is 2. The van der Waals surface area contributed by atoms with Gasteiger partial charge in [-0.15, -0.1) is 11.3 Å². The molecule has 0 atom stereocenters. The van der Waals surface area contributed by atoms with Crippen molar-refractivity contribution in [2.45, 2.75) is 20.8 Å². The predicted molar refractivity (Wildman–Crippen MR) is 79.3 cm³/mol. The Kier molecular flexibility index (Phi) is 4.14. The standard InChI is InChI=1S/C14H15N3O2S/c1-9-4-6-12(7-5-9)13-8-20-14(15-13)17(11(3)19)16-10(2)18/h4-8H,1-3H3,(H,16,18). The fourth-order valence-corrected chi connectivity index (χ4v) is 2.48. The van der Waals surface area contributed by atoms with Gasteiger partial charge < -0.3 is 0 Å². The normalized spacial score (nSPS) is 10.2. The highest BCUT2D eigenvalue weighted by molar-refractivity contribution is 7.14. The summed E-state index contributed by atoms with van der Waals surface area (Å²) >= 11 is 1.31. The first kappa shape index (κ1) is 14.2. The minimum absolute atomic E-state index is 0.287. The molecule has 0 spiro atoms. The average Bonchev–Trinajstić information content (AvgIpc) is 2.85. The van der Waals surface area contributed by atoms with Gasteiger partial charge in [-0.2, -0.15) is 5.01 Å². The van der Waals surface area contributed by atoms with Crippen molar-refractivity contribution in [3.63, 3.8) is 0 Å². The lowest BCUT2D eigenvalue weighted by Gasteiger charge is -2.17. The third-order valence-corrected chi connectivity index (χ3v) is 3.44. The van der Waals surface area contributed by atoms with Gasteiger partial charge in [0.1, 0.15) is 0 Å². The van der Waals surface area contributed by atoms with Crippen LogP contribution in [0, 0.1) is 6.92 Å². The van der Waals surface area contributed by atoms with Crippen molar-refractivity contribution in [3.8, 4) is 11.3 Å². The summed E-state index contributed by atoms with van der Waals surface area (Å²) in [6, 6.07) is 7.96. The van der Waals surface area contributed by atoms with Crippen LogP contribution in [-0.2, 0) is 9.59 Å². The Labute approximate surface area is 121 Å². The molecule has 1 heterocycles. The van der Waals surface area contributed by atoms with Gasteiger partial charge in [0.05, 0.1) is 5.69 Å². The predicted octanol–water partition coefficient (Wildman–Crippen LogP) is 2.52. The first-order chi connectivity index (χ1) is 9.47. The van der Waals surface area contributed by atoms with Gasteiger partial charge in [0.2, 0.25) is 16.9 Å². The molecule has 1 aromatic carbocycles. The average molecular weight is 289 g/mol. The molecule has 0 aliphatic rings. The van der Waals surface area contributed by atoms with Gasteiger partial charge in [-0.1, -0.05) is 29.8 Å². The maximum atomic E-state index is 11.5. The fourth-order valence-electron chi connectivity index (χ4n) is 1.64. The highest BCUT2D eigenvalue weighted by Gasteiger charge is 2.17. The Morgan fingerprint density at radius 1 is 1.20 bits per heavy atom. The molecular formula is C14H15N3O2S. The Hall–Kier alpha value is -2.21. The zero-order chi connectivity index (χ0) is 14.7. The van der Waals surface area contributed by atoms with E-state index in [-0.39, 0.29) is 11.8 Å². The molecule has 0 unspecified atom stereocenters. The molecule has 0 radical (unpaired) electrons. The van der Waals surface area contributed by atoms with E-state index in [1.807, 2.05) is 36.6 Å². The van der Waals surface area contributed by atoms with E-state index < -0.39 is 0 Å². The quantitative estimate of drug-likeness (QED) is 0.864. The molecule has 0 saturated carbocycles. The number of hydrogen-bond acceptors (Lipinski definition) is 4. The summed E-state index contributed by atoms with van der Waals surface area (Å²) in [4.78, 5) is 27.1. The third-order valence-electron chi connectivity index (χ3n) is 2.61. The SMILES string of the molecule is CC(=O)NN(C(C)=O)c1nc(-c2ccc(C)cc2)cs1. The molecule has 2 aromatic rings. The summed E-state index contributed by atoms with van der Waals surface area (Å²) in [5.41, 5.74) is 5.39. The van der Waals surface area contributed by atoms with Crippen LogP contribution >= 0.6 is 11.3 Å². The summed E-state index contributed by atoms with van der Waals surface area (Å²) in [6.07, 6.45) is 0. The highest BCUT2D eigenvalue weighted by Crippen LogP contribution is 2.27. The first-order valence-electron chi connectivity index (χ1n) is 6.08. The van der Waals surface area contributed by atoms with Crippen LogP contribution < -0.4 is 10.4 Å². The second-order valence-electron chi connectivity index (χ2n) is 4.40. The topological polar surface area (TPSA) is 62.3 Å². The van der Waals surface area contributed by atoms with Crippen molar-refractivity contribution in [1.82, 2.24) is 10.4 Å². The largest absolute Gasteiger partial charge is 0.274 e. The molecule has 2 amide bonds. The van der Waals surface area contributed by atoms with E-state index in [9.17, 15) is 9.59 Å². The third kappa shape index (κ3) is 3.21. The summed E-state index contributed by atoms with van der Waals surface area (Å²) in [5.74, 6) is -0.600. The van der Waals surface area contributed by atoms with Crippen LogP contribution in [0.1, 0.15) is 19.4 Å². The van der Waals surface area contributed by atoms with Crippen LogP contribution in [-0.4, -0.2) is 16.8 Å². The number of benzene rings is 1. The van der Waals surface area contributed by atoms with E-state index in [1.54, 1.807) is 0 Å². The van der Waals surface area contributed by atoms with Gasteiger partial charge in [0, 0.05) is 24.8 Å². The molecule has 0 bridgehead atoms. The molecule has 1 N–H and O–H groups in total. The summed E-state index contributed by atoms with van der Waals surface area (Å²) in [5, 5.41) is 3.46. The van der Waals surface area contributed by atoms with Crippen molar-refractivity contribution in [1.29, 1.82) is 0 Å². The lowest BCUT2D eigenvalue weighted by molar-refractivity contribution is -0.123. The van der Waals surface area contributed by atoms with E-state index in [1.165, 1.54) is 30.7 Å². The van der Waals surface area contributed by atoms with E-state index in [0.29, 0.717) is 5.13 Å². The van der Waals surface area contributed by atoms with Gasteiger partial charge in [0.25, 0.3) is 0 Å². The van der Waals surface area contributed by atoms with E-state index >= 15 is 0 Å². The maximum Gasteiger partial charge on any atom is 0.244 e. The van der Waals surface area contributed by atoms with E-state index in [4.69, 9.17) is 0 Å². The number of aromatic nitrogens is 1. The molecular weight excluding hydrogens is 274 g/mol. The minimum Gasteiger partial charge on any atom is -0.274 e. The molecule has 1 aromatic heterocycles. The van der Waals surface area contributed by atoms with E-state index in [2.05, 4.69) is 10.4 Å². The van der Waals surface area contributed by atoms with Crippen molar-refractivity contribution < 1.29 is 9.59 Å². The number of nitrogens with zero attached hydrogens (tertiary/aromatic N) is 2. The molecule has 0 aliphatic heterocycles. The fraction of sp³-hybridized carbons (Fsp3) is 0.214. The minimum atomic E-state index is -0.313. The molecule has 0 fully saturated rings. The van der Waals surface area contributed by atoms with Gasteiger partial charge in [-0.3, -0.25) is 15.0 Å². The zero-order valence-corrected chi connectivity index (χ0v) is 12.3. The first-order valence-corrected chi connectivity index (χ1v) is 6.96. The van der Waals surface area contributed by atoms with Crippen LogP contribution in [0.2, 0.25) is 0 Å². The molecule has 0 aliphatic carbocycles. The molecule has 20 heavy (non-hydrogen) atoms. The van der Waals surface area contributed by atoms with Crippen LogP contribution in [0.15, 0.2) is 29.6 Å². The number of nitrogens with one attached hydrogen (secondary N) is 1. The summed E-state index contributed by atoms with van der Waals surface area (Å²) in [7, 11) is 0. The molecule has 104 valence electrons. The number of rotatable bonds is 2. The Morgan fingerprint density at radius 3 is 2.40 bits per heavy atom. The lowest BCUT2D eigenvalue weighted by atomic mass is 10.1. The van der Waals surface area contributed by atoms with Crippen LogP contribution in [0.5, 0.6) is 0 Å². The highest BCUT2D eigenvalue weighted by atomic mass is 32.1. The molecule has 2 rings (SSSR count). The van der Waals surface area contributed by atoms with Crippen molar-refractivity contribution in [3.05, 3.63) is 35.2 Å². The number of hydrogen-bond donors (Lipinski definition) is 1. The smallest absolute Gasteiger partial charge is 0.244 e. The molecule has 0 saturated heterocycles. The summed E-state index contributed by atoms with van der Waals surface area (Å²) in [6.45, 7) is 4.75. The number of amides is 2. The number of aryl methyl sites for hydroxylation is 1. The van der Waals surface area contributed by atoms with Gasteiger partial charge in [-0.25, -0.2) is 4.98 Å². The monoisotopic (exact) mass is 289 g/mol. The van der Waals surface area contributed by atoms with Crippen LogP contribution in [0.25, 0.3) is 11.3 Å². The number of thiazole rings is 1. The molecule has 6 heteroatoms. The van der Waals surface area contributed by atoms with Gasteiger partial charge in [-0.05, 0) is 6.92 Å². The van der Waals surface area contributed by atoms with Gasteiger partial charge >= 0.3 is 0 Å². The van der Waals surface area contributed by atoms with Crippen LogP contribution in [0.4, 0.5) is 5.13 Å². The number of hydrazine groups is 1. The van der Waals surface area contributed by atoms with Crippen molar-refractivity contribution in [2.75, 3.05) is 5.01 Å². The van der Waals surface area contributed by atoms with Gasteiger partial charge in [0.15, 0.2) is 0 Å². The number of anilines is 1. The lowest BCUT2D eigenvalue weighted by Crippen LogP contribution is -2.44. The van der Waals surface area contributed by atoms with Crippen molar-refractivity contribution in [2.24, 2.45) is 0 Å².